The molecule has 7 nitrogen and oxygen atoms in total. The molecule has 128 valence electrons. The highest BCUT2D eigenvalue weighted by Crippen LogP contribution is 2.08. The van der Waals surface area contributed by atoms with Gasteiger partial charge in [-0.25, -0.2) is 4.79 Å². The molecule has 0 atom stereocenters. The lowest BCUT2D eigenvalue weighted by Crippen LogP contribution is -2.32. The molecule has 0 aliphatic carbocycles. The molecule has 2 aromatic rings. The molecule has 0 radical (unpaired) electrons. The molecule has 0 bridgehead atoms. The van der Waals surface area contributed by atoms with Crippen LogP contribution in [-0.2, 0) is 17.8 Å². The summed E-state index contributed by atoms with van der Waals surface area (Å²) in [5.41, 5.74) is 1.90. The van der Waals surface area contributed by atoms with Crippen molar-refractivity contribution in [1.82, 2.24) is 20.8 Å². The summed E-state index contributed by atoms with van der Waals surface area (Å²) >= 11 is 0. The maximum Gasteiger partial charge on any atom is 0.407 e. The van der Waals surface area contributed by atoms with Crippen molar-refractivity contribution in [2.24, 2.45) is 0 Å². The van der Waals surface area contributed by atoms with E-state index in [1.807, 2.05) is 45.0 Å². The molecule has 1 aromatic carbocycles. The minimum Gasteiger partial charge on any atom is -0.444 e. The van der Waals surface area contributed by atoms with E-state index in [0.29, 0.717) is 18.7 Å². The minimum absolute atomic E-state index is 0.181. The molecule has 0 aliphatic rings. The lowest BCUT2D eigenvalue weighted by molar-refractivity contribution is 0.0523. The van der Waals surface area contributed by atoms with Crippen LogP contribution in [0.3, 0.4) is 0 Å². The maximum absolute atomic E-state index is 11.8. The normalized spacial score (nSPS) is 11.0. The Balaban J connectivity index is 1.78. The molecular formula is C17H22N4O3. The molecule has 1 heterocycles. The van der Waals surface area contributed by atoms with Crippen molar-refractivity contribution in [3.63, 3.8) is 0 Å². The van der Waals surface area contributed by atoms with Gasteiger partial charge in [-0.2, -0.15) is 5.10 Å². The SMILES string of the molecule is CC(C)(C)OC(=O)NCc1ccc(CNC(=O)c2cn[nH]c2)cc1. The number of nitrogens with one attached hydrogen (secondary N) is 3. The van der Waals surface area contributed by atoms with E-state index in [0.717, 1.165) is 11.1 Å². The quantitative estimate of drug-likeness (QED) is 0.784. The van der Waals surface area contributed by atoms with Gasteiger partial charge in [-0.1, -0.05) is 24.3 Å². The number of carbonyl (C=O) groups excluding carboxylic acids is 2. The zero-order valence-corrected chi connectivity index (χ0v) is 14.1. The minimum atomic E-state index is -0.513. The Hall–Kier alpha value is -2.83. The van der Waals surface area contributed by atoms with Gasteiger partial charge in [0.15, 0.2) is 0 Å². The first-order chi connectivity index (χ1) is 11.3. The molecule has 7 heteroatoms. The first kappa shape index (κ1) is 17.5. The number of aromatic amines is 1. The largest absolute Gasteiger partial charge is 0.444 e. The van der Waals surface area contributed by atoms with E-state index in [1.165, 1.54) is 6.20 Å². The highest BCUT2D eigenvalue weighted by molar-refractivity contribution is 5.93. The fourth-order valence-electron chi connectivity index (χ4n) is 1.92. The van der Waals surface area contributed by atoms with Gasteiger partial charge >= 0.3 is 6.09 Å². The van der Waals surface area contributed by atoms with Crippen molar-refractivity contribution in [2.45, 2.75) is 39.5 Å². The molecule has 0 saturated carbocycles. The molecule has 0 fully saturated rings. The number of H-pyrrole nitrogens is 1. The van der Waals surface area contributed by atoms with Gasteiger partial charge in [-0.3, -0.25) is 9.89 Å². The highest BCUT2D eigenvalue weighted by Gasteiger charge is 2.15. The molecule has 0 saturated heterocycles. The number of carbonyl (C=O) groups is 2. The lowest BCUT2D eigenvalue weighted by Gasteiger charge is -2.19. The Morgan fingerprint density at radius 1 is 1.08 bits per heavy atom. The van der Waals surface area contributed by atoms with Gasteiger partial charge in [0.2, 0.25) is 0 Å². The van der Waals surface area contributed by atoms with Gasteiger partial charge in [-0.15, -0.1) is 0 Å². The second-order valence-corrected chi connectivity index (χ2v) is 6.34. The first-order valence-corrected chi connectivity index (χ1v) is 7.65. The van der Waals surface area contributed by atoms with E-state index in [9.17, 15) is 9.59 Å². The Morgan fingerprint density at radius 2 is 1.67 bits per heavy atom. The predicted molar refractivity (Wildman–Crippen MR) is 89.3 cm³/mol. The molecule has 0 unspecified atom stereocenters. The molecule has 3 N–H and O–H groups in total. The second kappa shape index (κ2) is 7.63. The summed E-state index contributed by atoms with van der Waals surface area (Å²) in [6, 6.07) is 7.61. The fourth-order valence-corrected chi connectivity index (χ4v) is 1.92. The number of aromatic nitrogens is 2. The van der Waals surface area contributed by atoms with Crippen LogP contribution in [0.25, 0.3) is 0 Å². The summed E-state index contributed by atoms with van der Waals surface area (Å²) in [7, 11) is 0. The average Bonchev–Trinajstić information content (AvgIpc) is 3.04. The van der Waals surface area contributed by atoms with Crippen molar-refractivity contribution < 1.29 is 14.3 Å². The zero-order chi connectivity index (χ0) is 17.6. The number of hydrogen-bond donors (Lipinski definition) is 3. The highest BCUT2D eigenvalue weighted by atomic mass is 16.6. The summed E-state index contributed by atoms with van der Waals surface area (Å²) in [5, 5.41) is 11.8. The van der Waals surface area contributed by atoms with Gasteiger partial charge in [0.1, 0.15) is 5.60 Å². The molecule has 0 spiro atoms. The van der Waals surface area contributed by atoms with Gasteiger partial charge in [0.05, 0.1) is 11.8 Å². The zero-order valence-electron chi connectivity index (χ0n) is 14.1. The van der Waals surface area contributed by atoms with Crippen molar-refractivity contribution >= 4 is 12.0 Å². The second-order valence-electron chi connectivity index (χ2n) is 6.34. The number of ether oxygens (including phenoxy) is 1. The predicted octanol–water partition coefficient (Wildman–Crippen LogP) is 2.36. The number of rotatable bonds is 5. The molecule has 0 aliphatic heterocycles. The van der Waals surface area contributed by atoms with E-state index < -0.39 is 11.7 Å². The third-order valence-electron chi connectivity index (χ3n) is 3.07. The van der Waals surface area contributed by atoms with E-state index in [4.69, 9.17) is 4.74 Å². The van der Waals surface area contributed by atoms with E-state index in [-0.39, 0.29) is 5.91 Å². The molecule has 2 amide bonds. The summed E-state index contributed by atoms with van der Waals surface area (Å²) in [5.74, 6) is -0.181. The Bertz CT molecular complexity index is 673. The molecule has 24 heavy (non-hydrogen) atoms. The van der Waals surface area contributed by atoms with Crippen LogP contribution in [0.1, 0.15) is 42.3 Å². The number of amides is 2. The molecule has 2 rings (SSSR count). The molecule has 1 aromatic heterocycles. The number of benzene rings is 1. The van der Waals surface area contributed by atoms with E-state index in [2.05, 4.69) is 20.8 Å². The third kappa shape index (κ3) is 5.75. The number of nitrogens with zero attached hydrogens (tertiary/aromatic N) is 1. The standard InChI is InChI=1S/C17H22N4O3/c1-17(2,3)24-16(23)19-9-13-6-4-12(5-7-13)8-18-15(22)14-10-20-21-11-14/h4-7,10-11H,8-9H2,1-3H3,(H,18,22)(H,19,23)(H,20,21). The molecular weight excluding hydrogens is 308 g/mol. The van der Waals surface area contributed by atoms with Crippen LogP contribution in [0, 0.1) is 0 Å². The average molecular weight is 330 g/mol. The Kier molecular flexibility index (Phi) is 5.57. The van der Waals surface area contributed by atoms with Crippen LogP contribution in [0.5, 0.6) is 0 Å². The van der Waals surface area contributed by atoms with Crippen LogP contribution in [0.4, 0.5) is 4.79 Å². The van der Waals surface area contributed by atoms with Crippen LogP contribution < -0.4 is 10.6 Å². The van der Waals surface area contributed by atoms with Gasteiger partial charge in [0.25, 0.3) is 5.91 Å². The van der Waals surface area contributed by atoms with Crippen LogP contribution in [0.2, 0.25) is 0 Å². The van der Waals surface area contributed by atoms with Crippen molar-refractivity contribution in [3.8, 4) is 0 Å². The Labute approximate surface area is 140 Å². The first-order valence-electron chi connectivity index (χ1n) is 7.65. The van der Waals surface area contributed by atoms with E-state index >= 15 is 0 Å². The van der Waals surface area contributed by atoms with Crippen LogP contribution >= 0.6 is 0 Å². The third-order valence-corrected chi connectivity index (χ3v) is 3.07. The Morgan fingerprint density at radius 3 is 2.17 bits per heavy atom. The van der Waals surface area contributed by atoms with Crippen LogP contribution in [0.15, 0.2) is 36.7 Å². The van der Waals surface area contributed by atoms with Crippen molar-refractivity contribution in [1.29, 1.82) is 0 Å². The topological polar surface area (TPSA) is 96.1 Å². The van der Waals surface area contributed by atoms with Gasteiger partial charge < -0.3 is 15.4 Å². The van der Waals surface area contributed by atoms with Crippen LogP contribution in [-0.4, -0.2) is 27.8 Å². The van der Waals surface area contributed by atoms with Crippen molar-refractivity contribution in [2.75, 3.05) is 0 Å². The van der Waals surface area contributed by atoms with Gasteiger partial charge in [-0.05, 0) is 31.9 Å². The summed E-state index contributed by atoms with van der Waals surface area (Å²) in [4.78, 5) is 23.4. The smallest absolute Gasteiger partial charge is 0.407 e. The number of hydrogen-bond acceptors (Lipinski definition) is 4. The summed E-state index contributed by atoms with van der Waals surface area (Å²) < 4.78 is 5.18. The fraction of sp³-hybridized carbons (Fsp3) is 0.353. The number of alkyl carbamates (subject to hydrolysis) is 1. The van der Waals surface area contributed by atoms with Crippen molar-refractivity contribution in [3.05, 3.63) is 53.3 Å². The van der Waals surface area contributed by atoms with Gasteiger partial charge in [0, 0.05) is 19.3 Å². The summed E-state index contributed by atoms with van der Waals surface area (Å²) in [6.45, 7) is 6.26. The maximum atomic E-state index is 11.8. The summed E-state index contributed by atoms with van der Waals surface area (Å²) in [6.07, 6.45) is 2.57. The lowest BCUT2D eigenvalue weighted by atomic mass is 10.1. The monoisotopic (exact) mass is 330 g/mol. The van der Waals surface area contributed by atoms with E-state index in [1.54, 1.807) is 6.20 Å².